The van der Waals surface area contributed by atoms with Gasteiger partial charge >= 0.3 is 0 Å². The summed E-state index contributed by atoms with van der Waals surface area (Å²) in [6, 6.07) is 0. The van der Waals surface area contributed by atoms with E-state index in [2.05, 4.69) is 21.2 Å². The van der Waals surface area contributed by atoms with Crippen LogP contribution in [0.1, 0.15) is 0 Å². The average molecular weight is 479 g/mol. The second kappa shape index (κ2) is 24.6. The van der Waals surface area contributed by atoms with Gasteiger partial charge in [-0.25, -0.2) is 0 Å². The van der Waals surface area contributed by atoms with E-state index >= 15 is 0 Å². The van der Waals surface area contributed by atoms with E-state index < -0.39 is 0 Å². The lowest BCUT2D eigenvalue weighted by Gasteiger charge is -2.17. The van der Waals surface area contributed by atoms with E-state index in [-0.39, 0.29) is 76.3 Å². The molecule has 12 heteroatoms. The standard InChI is InChI=1S/C9H18BrNO5.C7H17NO4/c10-5-9(14)11-6-8(16-4-2-13)7-15-3-1-12;8-5-7(12-4-2-10)6-11-3-1-9/h8,12-13H,1-7H2,(H,11,14);7,9-10H,1-6,8H2. The van der Waals surface area contributed by atoms with E-state index in [0.717, 1.165) is 0 Å². The lowest BCUT2D eigenvalue weighted by Crippen LogP contribution is -2.37. The first kappa shape index (κ1) is 29.8. The minimum atomic E-state index is -0.318. The summed E-state index contributed by atoms with van der Waals surface area (Å²) in [5, 5.41) is 36.8. The van der Waals surface area contributed by atoms with E-state index in [1.165, 1.54) is 0 Å². The minimum absolute atomic E-state index is 0.00269. The van der Waals surface area contributed by atoms with Crippen LogP contribution in [-0.2, 0) is 23.7 Å². The molecule has 1 amide bonds. The van der Waals surface area contributed by atoms with Crippen molar-refractivity contribution >= 4 is 21.8 Å². The molecule has 11 nitrogen and oxygen atoms in total. The van der Waals surface area contributed by atoms with Crippen molar-refractivity contribution in [2.45, 2.75) is 12.2 Å². The van der Waals surface area contributed by atoms with Crippen LogP contribution in [0, 0.1) is 0 Å². The molecule has 28 heavy (non-hydrogen) atoms. The number of nitrogens with one attached hydrogen (secondary N) is 1. The van der Waals surface area contributed by atoms with Gasteiger partial charge in [-0.05, 0) is 0 Å². The summed E-state index contributed by atoms with van der Waals surface area (Å²) in [7, 11) is 0. The quantitative estimate of drug-likeness (QED) is 0.0892. The van der Waals surface area contributed by atoms with Gasteiger partial charge in [0.15, 0.2) is 0 Å². The number of nitrogens with two attached hydrogens (primary N) is 1. The van der Waals surface area contributed by atoms with Crippen LogP contribution in [0.25, 0.3) is 0 Å². The fourth-order valence-corrected chi connectivity index (χ4v) is 1.82. The predicted molar refractivity (Wildman–Crippen MR) is 105 cm³/mol. The van der Waals surface area contributed by atoms with E-state index in [0.29, 0.717) is 26.3 Å². The number of aliphatic hydroxyl groups excluding tert-OH is 4. The molecule has 0 heterocycles. The Kier molecular flexibility index (Phi) is 26.2. The van der Waals surface area contributed by atoms with E-state index in [9.17, 15) is 4.79 Å². The van der Waals surface area contributed by atoms with Crippen LogP contribution in [0.5, 0.6) is 0 Å². The molecule has 2 atom stereocenters. The van der Waals surface area contributed by atoms with Crippen LogP contribution in [0.15, 0.2) is 0 Å². The van der Waals surface area contributed by atoms with Gasteiger partial charge in [-0.3, -0.25) is 4.79 Å². The van der Waals surface area contributed by atoms with Crippen molar-refractivity contribution in [1.82, 2.24) is 5.32 Å². The van der Waals surface area contributed by atoms with E-state index in [1.54, 1.807) is 0 Å². The number of carbonyl (C=O) groups is 1. The third-order valence-electron chi connectivity index (χ3n) is 2.88. The molecule has 0 aliphatic rings. The molecule has 0 spiro atoms. The SMILES string of the molecule is NCC(COCCO)OCCO.O=C(CBr)NCC(COCCO)OCCO. The Morgan fingerprint density at radius 2 is 1.32 bits per heavy atom. The maximum absolute atomic E-state index is 11.0. The van der Waals surface area contributed by atoms with Gasteiger partial charge in [-0.15, -0.1) is 0 Å². The third-order valence-corrected chi connectivity index (χ3v) is 3.39. The summed E-state index contributed by atoms with van der Waals surface area (Å²) in [5.41, 5.74) is 5.35. The molecule has 0 saturated heterocycles. The topological polar surface area (TPSA) is 173 Å². The van der Waals surface area contributed by atoms with Crippen LogP contribution in [0.4, 0.5) is 0 Å². The smallest absolute Gasteiger partial charge is 0.230 e. The first-order valence-corrected chi connectivity index (χ1v) is 10.1. The van der Waals surface area contributed by atoms with Gasteiger partial charge in [-0.1, -0.05) is 15.9 Å². The summed E-state index contributed by atoms with van der Waals surface area (Å²) in [6.45, 7) is 2.12. The molecular weight excluding hydrogens is 444 g/mol. The van der Waals surface area contributed by atoms with Crippen molar-refractivity contribution < 1.29 is 44.2 Å². The number of amides is 1. The normalized spacial score (nSPS) is 12.8. The number of aliphatic hydroxyl groups is 4. The zero-order chi connectivity index (χ0) is 21.5. The third kappa shape index (κ3) is 21.9. The average Bonchev–Trinajstić information content (AvgIpc) is 2.72. The highest BCUT2D eigenvalue weighted by Crippen LogP contribution is 1.93. The Morgan fingerprint density at radius 3 is 1.75 bits per heavy atom. The summed E-state index contributed by atoms with van der Waals surface area (Å²) < 4.78 is 20.4. The molecule has 7 N–H and O–H groups in total. The van der Waals surface area contributed by atoms with E-state index in [1.807, 2.05) is 0 Å². The molecule has 0 aromatic carbocycles. The maximum Gasteiger partial charge on any atom is 0.230 e. The number of carbonyl (C=O) groups excluding carboxylic acids is 1. The van der Waals surface area contributed by atoms with Gasteiger partial charge in [-0.2, -0.15) is 0 Å². The van der Waals surface area contributed by atoms with Crippen LogP contribution in [-0.4, -0.2) is 123 Å². The van der Waals surface area contributed by atoms with Crippen LogP contribution < -0.4 is 11.1 Å². The monoisotopic (exact) mass is 478 g/mol. The molecule has 0 radical (unpaired) electrons. The first-order chi connectivity index (χ1) is 13.6. The molecule has 0 aliphatic carbocycles. The zero-order valence-corrected chi connectivity index (χ0v) is 17.7. The number of hydrogen-bond acceptors (Lipinski definition) is 10. The molecule has 0 bridgehead atoms. The maximum atomic E-state index is 11.0. The number of alkyl halides is 1. The van der Waals surface area contributed by atoms with Gasteiger partial charge in [0.2, 0.25) is 5.91 Å². The molecule has 0 saturated carbocycles. The summed E-state index contributed by atoms with van der Waals surface area (Å²) >= 11 is 3.02. The molecule has 0 rings (SSSR count). The number of halogens is 1. The van der Waals surface area contributed by atoms with Crippen LogP contribution in [0.3, 0.4) is 0 Å². The molecular formula is C16H35BrN2O9. The Balaban J connectivity index is 0. The fourth-order valence-electron chi connectivity index (χ4n) is 1.62. The highest BCUT2D eigenvalue weighted by atomic mass is 79.9. The Bertz CT molecular complexity index is 330. The highest BCUT2D eigenvalue weighted by molar-refractivity contribution is 9.09. The summed E-state index contributed by atoms with van der Waals surface area (Å²) in [6.07, 6.45) is -0.509. The molecule has 0 aromatic rings. The highest BCUT2D eigenvalue weighted by Gasteiger charge is 2.10. The lowest BCUT2D eigenvalue weighted by molar-refractivity contribution is -0.119. The second-order valence-corrected chi connectivity index (χ2v) is 5.76. The second-order valence-electron chi connectivity index (χ2n) is 5.20. The van der Waals surface area contributed by atoms with Gasteiger partial charge in [0, 0.05) is 13.1 Å². The van der Waals surface area contributed by atoms with Gasteiger partial charge < -0.3 is 50.4 Å². The van der Waals surface area contributed by atoms with E-state index in [4.69, 9.17) is 45.1 Å². The van der Waals surface area contributed by atoms with Gasteiger partial charge in [0.1, 0.15) is 0 Å². The Hall–Kier alpha value is -0.410. The van der Waals surface area contributed by atoms with Gasteiger partial charge in [0.05, 0.1) is 83.6 Å². The molecule has 2 unspecified atom stereocenters. The first-order valence-electron chi connectivity index (χ1n) is 8.94. The zero-order valence-electron chi connectivity index (χ0n) is 16.1. The predicted octanol–water partition coefficient (Wildman–Crippen LogP) is -2.78. The molecule has 0 aromatic heterocycles. The van der Waals surface area contributed by atoms with Crippen molar-refractivity contribution in [3.05, 3.63) is 0 Å². The van der Waals surface area contributed by atoms with Gasteiger partial charge in [0.25, 0.3) is 0 Å². The number of ether oxygens (including phenoxy) is 4. The van der Waals surface area contributed by atoms with Crippen molar-refractivity contribution in [3.8, 4) is 0 Å². The Labute approximate surface area is 174 Å². The van der Waals surface area contributed by atoms with Crippen molar-refractivity contribution in [3.63, 3.8) is 0 Å². The lowest BCUT2D eigenvalue weighted by atomic mass is 10.3. The van der Waals surface area contributed by atoms with Crippen molar-refractivity contribution in [1.29, 1.82) is 0 Å². The fraction of sp³-hybridized carbons (Fsp3) is 0.938. The minimum Gasteiger partial charge on any atom is -0.394 e. The molecule has 170 valence electrons. The summed E-state index contributed by atoms with van der Waals surface area (Å²) in [4.78, 5) is 11.0. The number of hydrogen-bond donors (Lipinski definition) is 6. The van der Waals surface area contributed by atoms with Crippen molar-refractivity contribution in [2.24, 2.45) is 5.73 Å². The van der Waals surface area contributed by atoms with Crippen LogP contribution in [0.2, 0.25) is 0 Å². The number of rotatable bonds is 18. The molecule has 0 aliphatic heterocycles. The molecule has 0 fully saturated rings. The van der Waals surface area contributed by atoms with Crippen molar-refractivity contribution in [2.75, 3.05) is 84.5 Å². The Morgan fingerprint density at radius 1 is 0.857 bits per heavy atom. The summed E-state index contributed by atoms with van der Waals surface area (Å²) in [5.74, 6) is -0.139. The largest absolute Gasteiger partial charge is 0.394 e. The van der Waals surface area contributed by atoms with Crippen LogP contribution >= 0.6 is 15.9 Å².